The molecule has 1 N–H and O–H groups in total. The maximum atomic E-state index is 12.7. The van der Waals surface area contributed by atoms with Crippen molar-refractivity contribution in [1.82, 2.24) is 4.90 Å². The van der Waals surface area contributed by atoms with Gasteiger partial charge in [-0.25, -0.2) is 0 Å². The van der Waals surface area contributed by atoms with Gasteiger partial charge < -0.3 is 5.32 Å². The fourth-order valence-corrected chi connectivity index (χ4v) is 4.25. The number of allylic oxidation sites excluding steroid dienone is 2. The third-order valence-corrected chi connectivity index (χ3v) is 5.65. The van der Waals surface area contributed by atoms with E-state index in [9.17, 15) is 9.59 Å². The zero-order valence-corrected chi connectivity index (χ0v) is 17.8. The van der Waals surface area contributed by atoms with E-state index in [4.69, 9.17) is 12.2 Å². The van der Waals surface area contributed by atoms with Crippen LogP contribution in [0.1, 0.15) is 25.3 Å². The molecule has 1 heterocycles. The van der Waals surface area contributed by atoms with Gasteiger partial charge in [0.1, 0.15) is 4.32 Å². The van der Waals surface area contributed by atoms with Crippen LogP contribution in [0.2, 0.25) is 0 Å². The number of rotatable bonds is 7. The summed E-state index contributed by atoms with van der Waals surface area (Å²) in [4.78, 5) is 27.0. The Balaban J connectivity index is 1.53. The number of nitrogens with one attached hydrogen (secondary N) is 1. The lowest BCUT2D eigenvalue weighted by Gasteiger charge is -2.14. The average molecular weight is 423 g/mol. The summed E-state index contributed by atoms with van der Waals surface area (Å²) in [6.45, 7) is 2.40. The highest BCUT2D eigenvalue weighted by molar-refractivity contribution is 8.26. The molecule has 2 aromatic rings. The van der Waals surface area contributed by atoms with Crippen molar-refractivity contribution in [2.45, 2.75) is 19.8 Å². The van der Waals surface area contributed by atoms with Crippen LogP contribution in [0.25, 0.3) is 6.08 Å². The predicted octanol–water partition coefficient (Wildman–Crippen LogP) is 5.25. The molecule has 0 aromatic heterocycles. The number of carbonyl (C=O) groups is 2. The van der Waals surface area contributed by atoms with Crippen LogP contribution in [0.3, 0.4) is 0 Å². The molecule has 1 fully saturated rings. The van der Waals surface area contributed by atoms with E-state index in [1.807, 2.05) is 79.7 Å². The first-order valence-electron chi connectivity index (χ1n) is 9.36. The summed E-state index contributed by atoms with van der Waals surface area (Å²) in [6.07, 6.45) is 4.78. The van der Waals surface area contributed by atoms with Crippen molar-refractivity contribution in [3.8, 4) is 0 Å². The highest BCUT2D eigenvalue weighted by atomic mass is 32.2. The van der Waals surface area contributed by atoms with Gasteiger partial charge in [-0.15, -0.1) is 0 Å². The second-order valence-corrected chi connectivity index (χ2v) is 8.33. The molecule has 2 aromatic carbocycles. The SMILES string of the molecule is CC(=Cc1ccccc1)C=C1SC(=S)N(CCCC(=O)Nc2ccccc2)C1=O. The first kappa shape index (κ1) is 21.0. The number of benzene rings is 2. The zero-order valence-electron chi connectivity index (χ0n) is 16.1. The molecule has 1 saturated heterocycles. The Morgan fingerprint density at radius 3 is 2.45 bits per heavy atom. The van der Waals surface area contributed by atoms with Gasteiger partial charge in [-0.2, -0.15) is 0 Å². The van der Waals surface area contributed by atoms with Crippen LogP contribution in [-0.2, 0) is 9.59 Å². The number of hydrogen-bond donors (Lipinski definition) is 1. The van der Waals surface area contributed by atoms with Crippen LogP contribution in [0.5, 0.6) is 0 Å². The smallest absolute Gasteiger partial charge is 0.266 e. The van der Waals surface area contributed by atoms with Crippen molar-refractivity contribution in [2.24, 2.45) is 0 Å². The first-order chi connectivity index (χ1) is 14.0. The standard InChI is InChI=1S/C23H22N2O2S2/c1-17(15-18-9-4-2-5-10-18)16-20-22(27)25(23(28)29-20)14-8-13-21(26)24-19-11-6-3-7-12-19/h2-7,9-12,15-16H,8,13-14H2,1H3,(H,24,26). The number of thioether (sulfide) groups is 1. The van der Waals surface area contributed by atoms with Crippen molar-refractivity contribution < 1.29 is 9.59 Å². The van der Waals surface area contributed by atoms with Gasteiger partial charge in [-0.3, -0.25) is 14.5 Å². The first-order valence-corrected chi connectivity index (χ1v) is 10.6. The molecule has 0 unspecified atom stereocenters. The van der Waals surface area contributed by atoms with E-state index in [1.165, 1.54) is 11.8 Å². The van der Waals surface area contributed by atoms with Crippen LogP contribution >= 0.6 is 24.0 Å². The summed E-state index contributed by atoms with van der Waals surface area (Å²) in [5.41, 5.74) is 2.84. The summed E-state index contributed by atoms with van der Waals surface area (Å²) in [5.74, 6) is -0.164. The molecule has 0 saturated carbocycles. The monoisotopic (exact) mass is 422 g/mol. The minimum atomic E-state index is -0.0933. The Hall–Kier alpha value is -2.70. The van der Waals surface area contributed by atoms with Gasteiger partial charge in [-0.05, 0) is 42.7 Å². The fraction of sp³-hybridized carbons (Fsp3) is 0.174. The lowest BCUT2D eigenvalue weighted by atomic mass is 10.1. The van der Waals surface area contributed by atoms with Gasteiger partial charge >= 0.3 is 0 Å². The van der Waals surface area contributed by atoms with Crippen LogP contribution in [-0.4, -0.2) is 27.6 Å². The van der Waals surface area contributed by atoms with Gasteiger partial charge in [-0.1, -0.05) is 78.6 Å². The third kappa shape index (κ3) is 6.14. The lowest BCUT2D eigenvalue weighted by molar-refractivity contribution is -0.122. The number of hydrogen-bond acceptors (Lipinski definition) is 4. The Morgan fingerprint density at radius 1 is 1.10 bits per heavy atom. The van der Waals surface area contributed by atoms with Crippen LogP contribution < -0.4 is 5.32 Å². The Morgan fingerprint density at radius 2 is 1.76 bits per heavy atom. The van der Waals surface area contributed by atoms with Crippen molar-refractivity contribution in [3.05, 3.63) is 82.8 Å². The van der Waals surface area contributed by atoms with Crippen LogP contribution in [0.4, 0.5) is 5.69 Å². The number of carbonyl (C=O) groups excluding carboxylic acids is 2. The van der Waals surface area contributed by atoms with Crippen LogP contribution in [0, 0.1) is 0 Å². The average Bonchev–Trinajstić information content (AvgIpc) is 2.96. The molecule has 1 aliphatic rings. The predicted molar refractivity (Wildman–Crippen MR) is 124 cm³/mol. The molecule has 4 nitrogen and oxygen atoms in total. The van der Waals surface area contributed by atoms with E-state index in [1.54, 1.807) is 4.90 Å². The van der Waals surface area contributed by atoms with Gasteiger partial charge in [0, 0.05) is 18.7 Å². The molecular weight excluding hydrogens is 400 g/mol. The van der Waals surface area contributed by atoms with Gasteiger partial charge in [0.15, 0.2) is 0 Å². The molecule has 3 rings (SSSR count). The summed E-state index contributed by atoms with van der Waals surface area (Å²) >= 11 is 6.68. The van der Waals surface area contributed by atoms with E-state index >= 15 is 0 Å². The number of anilines is 1. The second kappa shape index (κ2) is 10.2. The summed E-state index contributed by atoms with van der Waals surface area (Å²) in [7, 11) is 0. The normalized spacial score (nSPS) is 15.8. The zero-order chi connectivity index (χ0) is 20.6. The Bertz CT molecular complexity index is 953. The minimum Gasteiger partial charge on any atom is -0.326 e. The summed E-state index contributed by atoms with van der Waals surface area (Å²) < 4.78 is 0.539. The molecule has 2 amide bonds. The van der Waals surface area contributed by atoms with E-state index < -0.39 is 0 Å². The van der Waals surface area contributed by atoms with Crippen molar-refractivity contribution in [1.29, 1.82) is 0 Å². The van der Waals surface area contributed by atoms with Crippen molar-refractivity contribution in [3.63, 3.8) is 0 Å². The number of thiocarbonyl (C=S) groups is 1. The Labute approximate surface area is 180 Å². The molecule has 0 radical (unpaired) electrons. The number of amides is 2. The van der Waals surface area contributed by atoms with Crippen molar-refractivity contribution in [2.75, 3.05) is 11.9 Å². The molecule has 0 spiro atoms. The maximum absolute atomic E-state index is 12.7. The van der Waals surface area contributed by atoms with Gasteiger partial charge in [0.05, 0.1) is 4.91 Å². The maximum Gasteiger partial charge on any atom is 0.266 e. The summed E-state index contributed by atoms with van der Waals surface area (Å²) in [5, 5.41) is 2.85. The number of para-hydroxylation sites is 1. The van der Waals surface area contributed by atoms with E-state index in [2.05, 4.69) is 5.32 Å². The largest absolute Gasteiger partial charge is 0.326 e. The molecule has 6 heteroatoms. The minimum absolute atomic E-state index is 0.0705. The fourth-order valence-electron chi connectivity index (χ4n) is 2.90. The van der Waals surface area contributed by atoms with Gasteiger partial charge in [0.25, 0.3) is 5.91 Å². The molecule has 0 atom stereocenters. The second-order valence-electron chi connectivity index (χ2n) is 6.65. The van der Waals surface area contributed by atoms with Crippen molar-refractivity contribution >= 4 is 51.9 Å². The highest BCUT2D eigenvalue weighted by Crippen LogP contribution is 2.32. The topological polar surface area (TPSA) is 49.4 Å². The molecular formula is C23H22N2O2S2. The number of nitrogens with zero attached hydrogens (tertiary/aromatic N) is 1. The van der Waals surface area contributed by atoms with E-state index in [0.717, 1.165) is 16.8 Å². The molecule has 29 heavy (non-hydrogen) atoms. The molecule has 1 aliphatic heterocycles. The van der Waals surface area contributed by atoms with Crippen LogP contribution in [0.15, 0.2) is 77.2 Å². The van der Waals surface area contributed by atoms with Gasteiger partial charge in [0.2, 0.25) is 5.91 Å². The van der Waals surface area contributed by atoms with E-state index in [0.29, 0.717) is 28.6 Å². The highest BCUT2D eigenvalue weighted by Gasteiger charge is 2.31. The molecule has 148 valence electrons. The Kier molecular flexibility index (Phi) is 7.38. The lowest BCUT2D eigenvalue weighted by Crippen LogP contribution is -2.29. The molecule has 0 aliphatic carbocycles. The third-order valence-electron chi connectivity index (χ3n) is 4.27. The molecule has 0 bridgehead atoms. The quantitative estimate of drug-likeness (QED) is 0.489. The van der Waals surface area contributed by atoms with E-state index in [-0.39, 0.29) is 11.8 Å². The summed E-state index contributed by atoms with van der Waals surface area (Å²) in [6, 6.07) is 19.3.